The van der Waals surface area contributed by atoms with Crippen molar-refractivity contribution >= 4 is 11.6 Å². The highest BCUT2D eigenvalue weighted by atomic mass is 16.5. The minimum absolute atomic E-state index is 0.923. The van der Waals surface area contributed by atoms with Crippen molar-refractivity contribution in [3.05, 3.63) is 22.8 Å². The molecule has 4 nitrogen and oxygen atoms in total. The molecule has 3 rings (SSSR count). The van der Waals surface area contributed by atoms with Gasteiger partial charge in [-0.15, -0.1) is 0 Å². The maximum absolute atomic E-state index is 5.65. The molecule has 2 aliphatic rings. The van der Waals surface area contributed by atoms with Crippen LogP contribution in [0.15, 0.2) is 11.1 Å². The summed E-state index contributed by atoms with van der Waals surface area (Å²) >= 11 is 0. The Labute approximate surface area is 127 Å². The highest BCUT2D eigenvalue weighted by molar-refractivity contribution is 5.98. The van der Waals surface area contributed by atoms with Crippen molar-refractivity contribution in [2.45, 2.75) is 33.6 Å². The Balaban J connectivity index is 2.08. The van der Waals surface area contributed by atoms with E-state index in [0.29, 0.717) is 0 Å². The molecule has 1 fully saturated rings. The average molecular weight is 287 g/mol. The Morgan fingerprint density at radius 1 is 1.05 bits per heavy atom. The highest BCUT2D eigenvalue weighted by Gasteiger charge is 2.28. The van der Waals surface area contributed by atoms with Gasteiger partial charge in [0.2, 0.25) is 5.96 Å². The van der Waals surface area contributed by atoms with Crippen molar-refractivity contribution in [1.29, 1.82) is 0 Å². The van der Waals surface area contributed by atoms with Crippen LogP contribution in [0.3, 0.4) is 0 Å². The van der Waals surface area contributed by atoms with Crippen LogP contribution in [0.4, 0.5) is 5.69 Å². The van der Waals surface area contributed by atoms with E-state index < -0.39 is 0 Å². The van der Waals surface area contributed by atoms with Crippen LogP contribution in [0.5, 0.6) is 5.75 Å². The molecule has 114 valence electrons. The summed E-state index contributed by atoms with van der Waals surface area (Å²) in [6, 6.07) is 2.29. The quantitative estimate of drug-likeness (QED) is 0.837. The lowest BCUT2D eigenvalue weighted by molar-refractivity contribution is 0.408. The zero-order chi connectivity index (χ0) is 15.0. The van der Waals surface area contributed by atoms with Crippen LogP contribution < -0.4 is 9.64 Å². The molecule has 0 aliphatic carbocycles. The molecule has 0 unspecified atom stereocenters. The number of hydrogen-bond acceptors (Lipinski definition) is 4. The SMILES string of the molecule is COc1c(C)c(C)cc(N2CCCCN3CCN=C32)c1C. The fourth-order valence-corrected chi connectivity index (χ4v) is 3.42. The van der Waals surface area contributed by atoms with Crippen LogP contribution in [0.2, 0.25) is 0 Å². The number of nitrogens with zero attached hydrogens (tertiary/aromatic N) is 3. The largest absolute Gasteiger partial charge is 0.496 e. The van der Waals surface area contributed by atoms with Crippen LogP contribution >= 0.6 is 0 Å². The van der Waals surface area contributed by atoms with Gasteiger partial charge in [0.1, 0.15) is 5.75 Å². The average Bonchev–Trinajstić information content (AvgIpc) is 2.84. The van der Waals surface area contributed by atoms with Gasteiger partial charge in [-0.25, -0.2) is 0 Å². The third-order valence-electron chi connectivity index (χ3n) is 4.71. The molecular formula is C17H25N3O. The number of aliphatic imine (C=N–C) groups is 1. The topological polar surface area (TPSA) is 28.1 Å². The van der Waals surface area contributed by atoms with E-state index in [4.69, 9.17) is 9.73 Å². The van der Waals surface area contributed by atoms with E-state index in [1.165, 1.54) is 35.2 Å². The predicted molar refractivity (Wildman–Crippen MR) is 87.7 cm³/mol. The Bertz CT molecular complexity index is 580. The summed E-state index contributed by atoms with van der Waals surface area (Å²) in [5.41, 5.74) is 4.99. The van der Waals surface area contributed by atoms with Crippen molar-refractivity contribution in [2.75, 3.05) is 38.2 Å². The van der Waals surface area contributed by atoms with E-state index in [1.807, 2.05) is 0 Å². The van der Waals surface area contributed by atoms with Gasteiger partial charge >= 0.3 is 0 Å². The van der Waals surface area contributed by atoms with Crippen LogP contribution in [-0.2, 0) is 0 Å². The zero-order valence-corrected chi connectivity index (χ0v) is 13.6. The minimum atomic E-state index is 0.923. The molecule has 1 aromatic rings. The van der Waals surface area contributed by atoms with Gasteiger partial charge < -0.3 is 14.5 Å². The number of guanidine groups is 1. The molecule has 2 heterocycles. The second-order valence-electron chi connectivity index (χ2n) is 6.02. The standard InChI is InChI=1S/C17H25N3O/c1-12-11-15(14(3)16(21-4)13(12)2)20-9-6-5-8-19-10-7-18-17(19)20/h11H,5-10H2,1-4H3. The molecule has 0 saturated carbocycles. The van der Waals surface area contributed by atoms with Crippen LogP contribution in [0.1, 0.15) is 29.5 Å². The number of fused-ring (bicyclic) bond motifs is 1. The summed E-state index contributed by atoms with van der Waals surface area (Å²) in [6.45, 7) is 10.6. The van der Waals surface area contributed by atoms with E-state index in [2.05, 4.69) is 36.6 Å². The molecule has 0 radical (unpaired) electrons. The second-order valence-corrected chi connectivity index (χ2v) is 6.02. The third-order valence-corrected chi connectivity index (χ3v) is 4.71. The molecule has 21 heavy (non-hydrogen) atoms. The van der Waals surface area contributed by atoms with Gasteiger partial charge in [0.25, 0.3) is 0 Å². The molecule has 2 aliphatic heterocycles. The van der Waals surface area contributed by atoms with Gasteiger partial charge in [0, 0.05) is 25.2 Å². The highest BCUT2D eigenvalue weighted by Crippen LogP contribution is 2.35. The van der Waals surface area contributed by atoms with Gasteiger partial charge in [-0.05, 0) is 50.8 Å². The zero-order valence-electron chi connectivity index (χ0n) is 13.6. The van der Waals surface area contributed by atoms with E-state index in [1.54, 1.807) is 7.11 Å². The summed E-state index contributed by atoms with van der Waals surface area (Å²) < 4.78 is 5.65. The lowest BCUT2D eigenvalue weighted by Gasteiger charge is -2.30. The molecule has 0 spiro atoms. The van der Waals surface area contributed by atoms with E-state index in [-0.39, 0.29) is 0 Å². The molecule has 0 aromatic heterocycles. The van der Waals surface area contributed by atoms with Gasteiger partial charge in [-0.1, -0.05) is 0 Å². The smallest absolute Gasteiger partial charge is 0.201 e. The fourth-order valence-electron chi connectivity index (χ4n) is 3.42. The first kappa shape index (κ1) is 14.2. The number of rotatable bonds is 2. The first-order chi connectivity index (χ1) is 10.1. The molecule has 0 bridgehead atoms. The first-order valence-corrected chi connectivity index (χ1v) is 7.85. The fraction of sp³-hybridized carbons (Fsp3) is 0.588. The van der Waals surface area contributed by atoms with Gasteiger partial charge in [-0.3, -0.25) is 4.99 Å². The lowest BCUT2D eigenvalue weighted by atomic mass is 10.0. The Hall–Kier alpha value is -1.71. The normalized spacial score (nSPS) is 18.4. The molecule has 4 heteroatoms. The molecule has 1 aromatic carbocycles. The summed E-state index contributed by atoms with van der Waals surface area (Å²) in [6.07, 6.45) is 2.46. The maximum atomic E-state index is 5.65. The number of benzene rings is 1. The van der Waals surface area contributed by atoms with Gasteiger partial charge in [0.05, 0.1) is 19.3 Å². The van der Waals surface area contributed by atoms with Crippen LogP contribution in [-0.4, -0.2) is 44.1 Å². The van der Waals surface area contributed by atoms with Crippen molar-refractivity contribution in [3.8, 4) is 5.75 Å². The van der Waals surface area contributed by atoms with Gasteiger partial charge in [0.15, 0.2) is 0 Å². The van der Waals surface area contributed by atoms with Crippen LogP contribution in [0, 0.1) is 20.8 Å². The Morgan fingerprint density at radius 2 is 1.81 bits per heavy atom. The van der Waals surface area contributed by atoms with Crippen molar-refractivity contribution in [3.63, 3.8) is 0 Å². The molecular weight excluding hydrogens is 262 g/mol. The molecule has 0 N–H and O–H groups in total. The molecule has 0 atom stereocenters. The predicted octanol–water partition coefficient (Wildman–Crippen LogP) is 2.89. The van der Waals surface area contributed by atoms with Crippen molar-refractivity contribution < 1.29 is 4.74 Å². The molecule has 0 amide bonds. The van der Waals surface area contributed by atoms with E-state index in [0.717, 1.165) is 37.9 Å². The number of anilines is 1. The minimum Gasteiger partial charge on any atom is -0.496 e. The maximum Gasteiger partial charge on any atom is 0.201 e. The van der Waals surface area contributed by atoms with Crippen molar-refractivity contribution in [1.82, 2.24) is 4.90 Å². The number of hydrogen-bond donors (Lipinski definition) is 0. The summed E-state index contributed by atoms with van der Waals surface area (Å²) in [5, 5.41) is 0. The van der Waals surface area contributed by atoms with E-state index >= 15 is 0 Å². The number of aryl methyl sites for hydroxylation is 1. The molecule has 1 saturated heterocycles. The van der Waals surface area contributed by atoms with Gasteiger partial charge in [-0.2, -0.15) is 0 Å². The Kier molecular flexibility index (Phi) is 3.79. The third kappa shape index (κ3) is 2.37. The summed E-state index contributed by atoms with van der Waals surface area (Å²) in [7, 11) is 1.76. The first-order valence-electron chi connectivity index (χ1n) is 7.85. The summed E-state index contributed by atoms with van der Waals surface area (Å²) in [5.74, 6) is 2.17. The van der Waals surface area contributed by atoms with E-state index in [9.17, 15) is 0 Å². The van der Waals surface area contributed by atoms with Crippen molar-refractivity contribution in [2.24, 2.45) is 4.99 Å². The Morgan fingerprint density at radius 3 is 2.57 bits per heavy atom. The monoisotopic (exact) mass is 287 g/mol. The number of methoxy groups -OCH3 is 1. The summed E-state index contributed by atoms with van der Waals surface area (Å²) in [4.78, 5) is 9.57. The number of ether oxygens (including phenoxy) is 1. The lowest BCUT2D eigenvalue weighted by Crippen LogP contribution is -2.41. The van der Waals surface area contributed by atoms with Crippen LogP contribution in [0.25, 0.3) is 0 Å². The second kappa shape index (κ2) is 5.58.